The van der Waals surface area contributed by atoms with Crippen LogP contribution in [0.15, 0.2) is 11.3 Å². The Bertz CT molecular complexity index is 332. The Morgan fingerprint density at radius 1 is 1.44 bits per heavy atom. The van der Waals surface area contributed by atoms with Gasteiger partial charge in [-0.15, -0.1) is 0 Å². The van der Waals surface area contributed by atoms with Crippen molar-refractivity contribution in [3.63, 3.8) is 0 Å². The minimum absolute atomic E-state index is 0.00105. The Balaban J connectivity index is 2.33. The van der Waals surface area contributed by atoms with E-state index >= 15 is 0 Å². The van der Waals surface area contributed by atoms with Gasteiger partial charge in [0.25, 0.3) is 0 Å². The summed E-state index contributed by atoms with van der Waals surface area (Å²) >= 11 is 0. The molecule has 0 aromatic rings. The zero-order valence-corrected chi connectivity index (χ0v) is 10.4. The number of esters is 1. The van der Waals surface area contributed by atoms with Crippen molar-refractivity contribution in [2.45, 2.75) is 40.2 Å². The first kappa shape index (κ1) is 11.5. The van der Waals surface area contributed by atoms with Crippen molar-refractivity contribution in [3.8, 4) is 0 Å². The van der Waals surface area contributed by atoms with Gasteiger partial charge in [0.2, 0.25) is 0 Å². The predicted molar refractivity (Wildman–Crippen MR) is 60.6 cm³/mol. The number of rotatable bonds is 2. The second-order valence-corrected chi connectivity index (χ2v) is 4.97. The number of carbonyl (C=O) groups excluding carboxylic acids is 1. The molecule has 90 valence electrons. The molecule has 3 heteroatoms. The lowest BCUT2D eigenvalue weighted by Gasteiger charge is -2.31. The summed E-state index contributed by atoms with van der Waals surface area (Å²) in [5.41, 5.74) is 0.806. The fourth-order valence-electron chi connectivity index (χ4n) is 2.45. The molecule has 2 aliphatic heterocycles. The largest absolute Gasteiger partial charge is 0.496 e. The molecule has 4 unspecified atom stereocenters. The molecule has 0 aliphatic carbocycles. The van der Waals surface area contributed by atoms with Gasteiger partial charge in [-0.2, -0.15) is 0 Å². The van der Waals surface area contributed by atoms with E-state index in [4.69, 9.17) is 9.47 Å². The molecule has 0 amide bonds. The number of cyclic esters (lactones) is 1. The number of ether oxygens (including phenoxy) is 2. The molecular formula is C13H20O3. The fraction of sp³-hybridized carbons (Fsp3) is 0.769. The SMILES string of the molecule is CCC(C)C1=C2C(=O)OC(C)C(C)C2CO1. The molecule has 2 heterocycles. The third-order valence-electron chi connectivity index (χ3n) is 4.00. The van der Waals surface area contributed by atoms with Crippen molar-refractivity contribution in [2.75, 3.05) is 6.61 Å². The van der Waals surface area contributed by atoms with Crippen molar-refractivity contribution in [2.24, 2.45) is 17.8 Å². The molecule has 0 aromatic heterocycles. The molecular weight excluding hydrogens is 204 g/mol. The molecule has 2 aliphatic rings. The summed E-state index contributed by atoms with van der Waals surface area (Å²) in [7, 11) is 0. The zero-order chi connectivity index (χ0) is 11.9. The first-order valence-corrected chi connectivity index (χ1v) is 6.14. The van der Waals surface area contributed by atoms with E-state index in [1.54, 1.807) is 0 Å². The maximum Gasteiger partial charge on any atom is 0.338 e. The lowest BCUT2D eigenvalue weighted by atomic mass is 9.81. The number of allylic oxidation sites excluding steroid dienone is 1. The molecule has 0 N–H and O–H groups in total. The summed E-state index contributed by atoms with van der Waals surface area (Å²) in [5, 5.41) is 0. The quantitative estimate of drug-likeness (QED) is 0.676. The zero-order valence-electron chi connectivity index (χ0n) is 10.4. The van der Waals surface area contributed by atoms with Gasteiger partial charge < -0.3 is 9.47 Å². The number of carbonyl (C=O) groups is 1. The highest BCUT2D eigenvalue weighted by Crippen LogP contribution is 2.41. The Kier molecular flexibility index (Phi) is 2.96. The maximum atomic E-state index is 11.9. The molecule has 0 aromatic carbocycles. The topological polar surface area (TPSA) is 35.5 Å². The summed E-state index contributed by atoms with van der Waals surface area (Å²) in [4.78, 5) is 11.9. The molecule has 4 atom stereocenters. The van der Waals surface area contributed by atoms with Crippen LogP contribution in [0.2, 0.25) is 0 Å². The van der Waals surface area contributed by atoms with E-state index in [-0.39, 0.29) is 18.0 Å². The normalized spacial score (nSPS) is 35.5. The van der Waals surface area contributed by atoms with Gasteiger partial charge in [0.15, 0.2) is 0 Å². The van der Waals surface area contributed by atoms with Crippen molar-refractivity contribution in [1.82, 2.24) is 0 Å². The van der Waals surface area contributed by atoms with Gasteiger partial charge in [0, 0.05) is 17.8 Å². The highest BCUT2D eigenvalue weighted by atomic mass is 16.6. The predicted octanol–water partition coefficient (Wildman–Crippen LogP) is 2.51. The van der Waals surface area contributed by atoms with Gasteiger partial charge in [-0.25, -0.2) is 4.79 Å². The summed E-state index contributed by atoms with van der Waals surface area (Å²) in [5.74, 6) is 1.61. The summed E-state index contributed by atoms with van der Waals surface area (Å²) in [6.07, 6.45) is 0.990. The van der Waals surface area contributed by atoms with Gasteiger partial charge in [-0.05, 0) is 13.3 Å². The van der Waals surface area contributed by atoms with Gasteiger partial charge >= 0.3 is 5.97 Å². The van der Waals surface area contributed by atoms with E-state index in [0.717, 1.165) is 17.8 Å². The van der Waals surface area contributed by atoms with Crippen LogP contribution in [0.1, 0.15) is 34.1 Å². The van der Waals surface area contributed by atoms with Crippen molar-refractivity contribution < 1.29 is 14.3 Å². The molecule has 16 heavy (non-hydrogen) atoms. The smallest absolute Gasteiger partial charge is 0.338 e. The van der Waals surface area contributed by atoms with Crippen molar-refractivity contribution in [3.05, 3.63) is 11.3 Å². The van der Waals surface area contributed by atoms with Gasteiger partial charge in [-0.1, -0.05) is 20.8 Å². The Labute approximate surface area is 96.8 Å². The van der Waals surface area contributed by atoms with Crippen LogP contribution in [0.3, 0.4) is 0 Å². The van der Waals surface area contributed by atoms with E-state index in [1.165, 1.54) is 0 Å². The van der Waals surface area contributed by atoms with E-state index < -0.39 is 0 Å². The van der Waals surface area contributed by atoms with Gasteiger partial charge in [0.1, 0.15) is 11.9 Å². The van der Waals surface area contributed by atoms with E-state index in [9.17, 15) is 4.79 Å². The average molecular weight is 224 g/mol. The van der Waals surface area contributed by atoms with Crippen LogP contribution in [-0.4, -0.2) is 18.7 Å². The van der Waals surface area contributed by atoms with Gasteiger partial charge in [0.05, 0.1) is 12.2 Å². The van der Waals surface area contributed by atoms with Crippen LogP contribution in [0.5, 0.6) is 0 Å². The Hall–Kier alpha value is -0.990. The van der Waals surface area contributed by atoms with Crippen molar-refractivity contribution in [1.29, 1.82) is 0 Å². The van der Waals surface area contributed by atoms with Crippen LogP contribution in [-0.2, 0) is 14.3 Å². The maximum absolute atomic E-state index is 11.9. The molecule has 0 saturated carbocycles. The number of hydrogen-bond acceptors (Lipinski definition) is 3. The minimum Gasteiger partial charge on any atom is -0.496 e. The monoisotopic (exact) mass is 224 g/mol. The van der Waals surface area contributed by atoms with E-state index in [0.29, 0.717) is 18.4 Å². The highest BCUT2D eigenvalue weighted by molar-refractivity contribution is 5.91. The van der Waals surface area contributed by atoms with Crippen LogP contribution in [0.4, 0.5) is 0 Å². The fourth-order valence-corrected chi connectivity index (χ4v) is 2.45. The molecule has 0 bridgehead atoms. The summed E-state index contributed by atoms with van der Waals surface area (Å²) < 4.78 is 11.1. The van der Waals surface area contributed by atoms with Crippen LogP contribution >= 0.6 is 0 Å². The van der Waals surface area contributed by atoms with Gasteiger partial charge in [-0.3, -0.25) is 0 Å². The first-order chi connectivity index (χ1) is 7.56. The van der Waals surface area contributed by atoms with E-state index in [1.807, 2.05) is 6.92 Å². The van der Waals surface area contributed by atoms with Crippen LogP contribution < -0.4 is 0 Å². The standard InChI is InChI=1S/C13H20O3/c1-5-7(2)12-11-10(6-15-12)8(3)9(4)16-13(11)14/h7-10H,5-6H2,1-4H3. The van der Waals surface area contributed by atoms with Crippen LogP contribution in [0.25, 0.3) is 0 Å². The molecule has 2 rings (SSSR count). The number of hydrogen-bond donors (Lipinski definition) is 0. The molecule has 0 spiro atoms. The molecule has 1 fully saturated rings. The summed E-state index contributed by atoms with van der Waals surface area (Å²) in [6.45, 7) is 8.94. The average Bonchev–Trinajstić information content (AvgIpc) is 2.70. The second kappa shape index (κ2) is 4.11. The number of fused-ring (bicyclic) bond motifs is 1. The first-order valence-electron chi connectivity index (χ1n) is 6.14. The second-order valence-electron chi connectivity index (χ2n) is 4.97. The molecule has 0 radical (unpaired) electrons. The summed E-state index contributed by atoms with van der Waals surface area (Å²) in [6, 6.07) is 0. The molecule has 1 saturated heterocycles. The lowest BCUT2D eigenvalue weighted by Crippen LogP contribution is -2.37. The third kappa shape index (κ3) is 1.62. The van der Waals surface area contributed by atoms with Crippen molar-refractivity contribution >= 4 is 5.97 Å². The minimum atomic E-state index is -0.164. The third-order valence-corrected chi connectivity index (χ3v) is 4.00. The van der Waals surface area contributed by atoms with E-state index in [2.05, 4.69) is 20.8 Å². The Morgan fingerprint density at radius 3 is 2.75 bits per heavy atom. The highest BCUT2D eigenvalue weighted by Gasteiger charge is 2.44. The molecule has 3 nitrogen and oxygen atoms in total. The van der Waals surface area contributed by atoms with Crippen LogP contribution in [0, 0.1) is 17.8 Å². The Morgan fingerprint density at radius 2 is 2.12 bits per heavy atom. The lowest BCUT2D eigenvalue weighted by molar-refractivity contribution is -0.152.